The number of fused-ring (bicyclic) bond motifs is 9. The summed E-state index contributed by atoms with van der Waals surface area (Å²) in [6.07, 6.45) is 12.7. The summed E-state index contributed by atoms with van der Waals surface area (Å²) in [5.41, 5.74) is 12.0. The zero-order valence-electron chi connectivity index (χ0n) is 24.4. The van der Waals surface area contributed by atoms with Gasteiger partial charge in [0, 0.05) is 69.5 Å². The molecule has 4 heteroatoms. The number of hydrogen-bond donors (Lipinski definition) is 0. The van der Waals surface area contributed by atoms with Crippen molar-refractivity contribution in [2.45, 2.75) is 6.04 Å². The Kier molecular flexibility index (Phi) is 5.02. The molecule has 1 aliphatic carbocycles. The average molecular weight is 576 g/mol. The number of benzene rings is 5. The lowest BCUT2D eigenvalue weighted by Gasteiger charge is -2.24. The lowest BCUT2D eigenvalue weighted by molar-refractivity contribution is 0.781. The Morgan fingerprint density at radius 2 is 1.47 bits per heavy atom. The lowest BCUT2D eigenvalue weighted by Crippen LogP contribution is -2.30. The van der Waals surface area contributed by atoms with E-state index in [1.165, 1.54) is 60.7 Å². The first-order valence-corrected chi connectivity index (χ1v) is 15.4. The van der Waals surface area contributed by atoms with Crippen LogP contribution in [0.2, 0.25) is 0 Å². The fraction of sp³-hybridized carbons (Fsp3) is 0.0244. The van der Waals surface area contributed by atoms with Gasteiger partial charge in [0.15, 0.2) is 0 Å². The van der Waals surface area contributed by atoms with E-state index in [0.29, 0.717) is 0 Å². The Bertz CT molecular complexity index is 2580. The van der Waals surface area contributed by atoms with E-state index < -0.39 is 0 Å². The third-order valence-electron chi connectivity index (χ3n) is 9.46. The van der Waals surface area contributed by atoms with Crippen LogP contribution in [0.3, 0.4) is 0 Å². The SMILES string of the molecule is C1=CC2=[N+](c3cccc(-c4cccnc4)c3)c3cccc4c5c6c(ccc5n(c34)C2C=C1)c1ccccc1n6-c1ccccc1. The molecule has 45 heavy (non-hydrogen) atoms. The van der Waals surface area contributed by atoms with Crippen molar-refractivity contribution in [1.82, 2.24) is 18.7 Å². The highest BCUT2D eigenvalue weighted by Gasteiger charge is 2.38. The summed E-state index contributed by atoms with van der Waals surface area (Å²) < 4.78 is 7.47. The van der Waals surface area contributed by atoms with E-state index in [2.05, 4.69) is 158 Å². The van der Waals surface area contributed by atoms with Crippen LogP contribution in [0.5, 0.6) is 0 Å². The Morgan fingerprint density at radius 1 is 0.622 bits per heavy atom. The maximum Gasteiger partial charge on any atom is 0.235 e. The number of allylic oxidation sites excluding steroid dienone is 4. The van der Waals surface area contributed by atoms with Crippen molar-refractivity contribution >= 4 is 60.7 Å². The topological polar surface area (TPSA) is 25.8 Å². The van der Waals surface area contributed by atoms with Crippen LogP contribution in [0.25, 0.3) is 60.4 Å². The zero-order valence-corrected chi connectivity index (χ0v) is 24.4. The molecule has 0 radical (unpaired) electrons. The van der Waals surface area contributed by atoms with Crippen LogP contribution in [-0.2, 0) is 0 Å². The van der Waals surface area contributed by atoms with E-state index in [0.717, 1.165) is 16.8 Å². The Morgan fingerprint density at radius 3 is 2.38 bits per heavy atom. The lowest BCUT2D eigenvalue weighted by atomic mass is 10.0. The first-order valence-electron chi connectivity index (χ1n) is 15.4. The largest absolute Gasteiger partial charge is 0.318 e. The molecular weight excluding hydrogens is 548 g/mol. The molecule has 1 atom stereocenters. The zero-order chi connectivity index (χ0) is 29.5. The Labute approximate surface area is 259 Å². The van der Waals surface area contributed by atoms with Gasteiger partial charge in [-0.05, 0) is 35.9 Å². The van der Waals surface area contributed by atoms with Gasteiger partial charge in [0.05, 0.1) is 16.6 Å². The van der Waals surface area contributed by atoms with Crippen molar-refractivity contribution in [3.8, 4) is 16.8 Å². The van der Waals surface area contributed by atoms with Crippen molar-refractivity contribution in [3.63, 3.8) is 0 Å². The highest BCUT2D eigenvalue weighted by Crippen LogP contribution is 2.47. The fourth-order valence-electron chi connectivity index (χ4n) is 7.67. The van der Waals surface area contributed by atoms with Gasteiger partial charge in [-0.25, -0.2) is 0 Å². The predicted octanol–water partition coefficient (Wildman–Crippen LogP) is 9.91. The highest BCUT2D eigenvalue weighted by molar-refractivity contribution is 6.28. The number of rotatable bonds is 3. The molecule has 0 spiro atoms. The minimum Gasteiger partial charge on any atom is -0.318 e. The van der Waals surface area contributed by atoms with Crippen molar-refractivity contribution < 1.29 is 0 Å². The van der Waals surface area contributed by atoms with Crippen molar-refractivity contribution in [2.24, 2.45) is 0 Å². The maximum absolute atomic E-state index is 4.38. The summed E-state index contributed by atoms with van der Waals surface area (Å²) in [5.74, 6) is 0. The van der Waals surface area contributed by atoms with E-state index in [-0.39, 0.29) is 6.04 Å². The summed E-state index contributed by atoms with van der Waals surface area (Å²) in [6.45, 7) is 0. The average Bonchev–Trinajstić information content (AvgIpc) is 3.63. The summed E-state index contributed by atoms with van der Waals surface area (Å²) in [6, 6.07) is 44.0. The molecule has 210 valence electrons. The van der Waals surface area contributed by atoms with Gasteiger partial charge < -0.3 is 9.13 Å². The third kappa shape index (κ3) is 3.36. The van der Waals surface area contributed by atoms with Crippen LogP contribution in [0.15, 0.2) is 158 Å². The van der Waals surface area contributed by atoms with Gasteiger partial charge in [-0.2, -0.15) is 4.58 Å². The standard InChI is InChI=1S/C41H27N4/c1-2-13-29(14-3-1)44-34-18-5-4-16-31(34)32-22-23-37-39(41(32)44)33-17-9-21-38-40(33)45(37)36-20-7-6-19-35(36)43(38)30-15-8-11-27(25-30)28-12-10-24-42-26-28/h1-26,36H/q+1. The van der Waals surface area contributed by atoms with Gasteiger partial charge in [-0.3, -0.25) is 4.98 Å². The molecule has 4 nitrogen and oxygen atoms in total. The first kappa shape index (κ1) is 24.4. The quantitative estimate of drug-likeness (QED) is 0.193. The van der Waals surface area contributed by atoms with Crippen molar-refractivity contribution in [3.05, 3.63) is 158 Å². The molecule has 1 unspecified atom stereocenters. The van der Waals surface area contributed by atoms with Gasteiger partial charge in [0.1, 0.15) is 11.6 Å². The minimum absolute atomic E-state index is 0.0546. The smallest absolute Gasteiger partial charge is 0.235 e. The third-order valence-corrected chi connectivity index (χ3v) is 9.46. The molecule has 8 aromatic rings. The van der Waals surface area contributed by atoms with Crippen LogP contribution < -0.4 is 4.58 Å². The van der Waals surface area contributed by atoms with E-state index in [9.17, 15) is 0 Å². The van der Waals surface area contributed by atoms with Gasteiger partial charge in [-0.1, -0.05) is 91.0 Å². The van der Waals surface area contributed by atoms with Crippen LogP contribution in [0.1, 0.15) is 6.04 Å². The molecule has 1 aliphatic heterocycles. The van der Waals surface area contributed by atoms with Crippen LogP contribution in [0.4, 0.5) is 11.4 Å². The van der Waals surface area contributed by atoms with Crippen molar-refractivity contribution in [2.75, 3.05) is 0 Å². The molecular formula is C41H27N4+. The molecule has 3 aromatic heterocycles. The van der Waals surface area contributed by atoms with E-state index in [4.69, 9.17) is 0 Å². The van der Waals surface area contributed by atoms with E-state index in [1.807, 2.05) is 18.5 Å². The summed E-state index contributed by atoms with van der Waals surface area (Å²) in [5, 5.41) is 5.10. The van der Waals surface area contributed by atoms with Gasteiger partial charge >= 0.3 is 0 Å². The van der Waals surface area contributed by atoms with Crippen molar-refractivity contribution in [1.29, 1.82) is 0 Å². The molecule has 0 amide bonds. The second kappa shape index (κ2) is 9.25. The van der Waals surface area contributed by atoms with E-state index in [1.54, 1.807) is 0 Å². The van der Waals surface area contributed by atoms with Gasteiger partial charge in [0.2, 0.25) is 17.1 Å². The highest BCUT2D eigenvalue weighted by atomic mass is 15.2. The monoisotopic (exact) mass is 575 g/mol. The first-order chi connectivity index (χ1) is 22.4. The van der Waals surface area contributed by atoms with Crippen LogP contribution in [0, 0.1) is 0 Å². The fourth-order valence-corrected chi connectivity index (χ4v) is 7.67. The number of aromatic nitrogens is 3. The van der Waals surface area contributed by atoms with Gasteiger partial charge in [-0.15, -0.1) is 0 Å². The molecule has 2 aliphatic rings. The summed E-state index contributed by atoms with van der Waals surface area (Å²) in [7, 11) is 0. The molecule has 4 heterocycles. The van der Waals surface area contributed by atoms with Crippen LogP contribution >= 0.6 is 0 Å². The maximum atomic E-state index is 4.38. The number of hydrogen-bond acceptors (Lipinski definition) is 1. The summed E-state index contributed by atoms with van der Waals surface area (Å²) >= 11 is 0. The number of para-hydroxylation sites is 3. The second-order valence-corrected chi connectivity index (χ2v) is 11.8. The Hall–Kier alpha value is -6.00. The molecule has 0 saturated heterocycles. The number of pyridine rings is 1. The molecule has 0 saturated carbocycles. The normalized spacial score (nSPS) is 15.5. The van der Waals surface area contributed by atoms with Gasteiger partial charge in [0.25, 0.3) is 0 Å². The molecule has 10 rings (SSSR count). The van der Waals surface area contributed by atoms with E-state index >= 15 is 0 Å². The summed E-state index contributed by atoms with van der Waals surface area (Å²) in [4.78, 5) is 4.38. The molecule has 0 bridgehead atoms. The van der Waals surface area contributed by atoms with Crippen LogP contribution in [-0.4, -0.2) is 19.8 Å². The Balaban J connectivity index is 1.33. The molecule has 5 aromatic carbocycles. The molecule has 0 N–H and O–H groups in total. The predicted molar refractivity (Wildman–Crippen MR) is 187 cm³/mol. The minimum atomic E-state index is 0.0546. The molecule has 0 fully saturated rings. The number of nitrogens with zero attached hydrogens (tertiary/aromatic N) is 4. The second-order valence-electron chi connectivity index (χ2n) is 11.8.